The van der Waals surface area contributed by atoms with Crippen LogP contribution in [0.5, 0.6) is 0 Å². The number of anilines is 3. The van der Waals surface area contributed by atoms with Gasteiger partial charge in [-0.05, 0) is 90.2 Å². The fourth-order valence-electron chi connectivity index (χ4n) is 5.47. The van der Waals surface area contributed by atoms with Crippen molar-refractivity contribution >= 4 is 46.7 Å². The van der Waals surface area contributed by atoms with Gasteiger partial charge < -0.3 is 30.9 Å². The zero-order chi connectivity index (χ0) is 37.1. The number of hydrogen-bond donors (Lipinski definition) is 3. The Balaban J connectivity index is 1.55. The third-order valence-corrected chi connectivity index (χ3v) is 7.94. The first-order chi connectivity index (χ1) is 24.4. The van der Waals surface area contributed by atoms with E-state index in [1.54, 1.807) is 87.5 Å². The molecule has 0 aliphatic rings. The Morgan fingerprint density at radius 1 is 0.608 bits per heavy atom. The van der Waals surface area contributed by atoms with Crippen LogP contribution in [0, 0.1) is 11.8 Å². The first kappa shape index (κ1) is 38.0. The lowest BCUT2D eigenvalue weighted by atomic mass is 10.1. The average molecular weight is 692 g/mol. The summed E-state index contributed by atoms with van der Waals surface area (Å²) < 4.78 is 0. The Bertz CT molecular complexity index is 1810. The average Bonchev–Trinajstić information content (AvgIpc) is 3.13. The van der Waals surface area contributed by atoms with Crippen LogP contribution < -0.4 is 25.8 Å². The van der Waals surface area contributed by atoms with Crippen molar-refractivity contribution in [1.29, 1.82) is 0 Å². The molecule has 4 N–H and O–H groups in total. The molecule has 0 aliphatic carbocycles. The van der Waals surface area contributed by atoms with Gasteiger partial charge in [-0.25, -0.2) is 0 Å². The molecular weight excluding hydrogens is 646 g/mol. The topological polar surface area (TPSA) is 153 Å². The van der Waals surface area contributed by atoms with E-state index in [9.17, 15) is 24.0 Å². The highest BCUT2D eigenvalue weighted by Crippen LogP contribution is 2.25. The summed E-state index contributed by atoms with van der Waals surface area (Å²) in [5.41, 5.74) is 9.66. The van der Waals surface area contributed by atoms with Crippen LogP contribution >= 0.6 is 0 Å². The van der Waals surface area contributed by atoms with Crippen molar-refractivity contribution in [2.45, 2.75) is 34.2 Å². The number of aliphatic carboxylic acids is 1. The lowest BCUT2D eigenvalue weighted by Crippen LogP contribution is -2.36. The van der Waals surface area contributed by atoms with E-state index in [1.807, 2.05) is 58.0 Å². The quantitative estimate of drug-likeness (QED) is 0.147. The monoisotopic (exact) mass is 691 g/mol. The Morgan fingerprint density at radius 3 is 1.41 bits per heavy atom. The van der Waals surface area contributed by atoms with E-state index in [0.29, 0.717) is 47.8 Å². The molecule has 0 fully saturated rings. The number of nitrogens with two attached hydrogens (primary N) is 1. The molecule has 11 nitrogen and oxygen atoms in total. The van der Waals surface area contributed by atoms with Gasteiger partial charge in [0.05, 0.1) is 13.1 Å². The van der Waals surface area contributed by atoms with Crippen molar-refractivity contribution < 1.29 is 29.1 Å². The predicted octanol–water partition coefficient (Wildman–Crippen LogP) is 5.60. The van der Waals surface area contributed by atoms with Crippen LogP contribution in [0.25, 0.3) is 0 Å². The molecule has 0 unspecified atom stereocenters. The molecule has 0 saturated carbocycles. The third-order valence-electron chi connectivity index (χ3n) is 7.94. The highest BCUT2D eigenvalue weighted by Gasteiger charge is 2.23. The Labute approximate surface area is 298 Å². The van der Waals surface area contributed by atoms with Crippen molar-refractivity contribution in [3.05, 3.63) is 125 Å². The molecular formula is C40H45N5O6. The van der Waals surface area contributed by atoms with E-state index >= 15 is 0 Å². The van der Waals surface area contributed by atoms with E-state index in [0.717, 1.165) is 5.56 Å². The van der Waals surface area contributed by atoms with Crippen LogP contribution in [0.2, 0.25) is 0 Å². The number of hydrogen-bond acceptors (Lipinski definition) is 6. The number of carboxylic acids is 1. The first-order valence-corrected chi connectivity index (χ1v) is 16.9. The minimum absolute atomic E-state index is 0.135. The van der Waals surface area contributed by atoms with Gasteiger partial charge in [-0.1, -0.05) is 58.0 Å². The third kappa shape index (κ3) is 10.3. The second-order valence-corrected chi connectivity index (χ2v) is 13.0. The van der Waals surface area contributed by atoms with Gasteiger partial charge in [0.25, 0.3) is 17.7 Å². The number of rotatable bonds is 15. The number of benzene rings is 4. The maximum absolute atomic E-state index is 13.9. The summed E-state index contributed by atoms with van der Waals surface area (Å²) >= 11 is 0. The van der Waals surface area contributed by atoms with Crippen molar-refractivity contribution in [3.8, 4) is 0 Å². The summed E-state index contributed by atoms with van der Waals surface area (Å²) in [4.78, 5) is 68.5. The number of nitrogens with zero attached hydrogens (tertiary/aromatic N) is 3. The number of carbonyl (C=O) groups excluding carboxylic acids is 4. The summed E-state index contributed by atoms with van der Waals surface area (Å²) in [5, 5.41) is 11.2. The SMILES string of the molecule is CC(C)CN(C(=O)c1ccc(N(CC(C)C)C(=O)c2ccc(N(Cc3ccccc3)C(=O)CN)cc2)cc1)c1ccc(C(=O)NCC(=O)O)cc1. The van der Waals surface area contributed by atoms with Crippen molar-refractivity contribution in [1.82, 2.24) is 5.32 Å². The van der Waals surface area contributed by atoms with Crippen LogP contribution in [0.3, 0.4) is 0 Å². The Morgan fingerprint density at radius 2 is 1.02 bits per heavy atom. The van der Waals surface area contributed by atoms with Crippen LogP contribution in [0.15, 0.2) is 103 Å². The number of nitrogens with one attached hydrogen (secondary N) is 1. The molecule has 0 aromatic heterocycles. The van der Waals surface area contributed by atoms with E-state index in [-0.39, 0.29) is 41.7 Å². The Hall–Kier alpha value is -5.81. The molecule has 4 aromatic rings. The largest absolute Gasteiger partial charge is 0.480 e. The maximum Gasteiger partial charge on any atom is 0.322 e. The zero-order valence-electron chi connectivity index (χ0n) is 29.4. The molecule has 0 atom stereocenters. The normalized spacial score (nSPS) is 10.9. The van der Waals surface area contributed by atoms with Gasteiger partial charge in [0.2, 0.25) is 5.91 Å². The second-order valence-electron chi connectivity index (χ2n) is 13.0. The minimum Gasteiger partial charge on any atom is -0.480 e. The molecule has 51 heavy (non-hydrogen) atoms. The summed E-state index contributed by atoms with van der Waals surface area (Å²) in [5.74, 6) is -2.09. The number of carboxylic acid groups (broad SMARTS) is 1. The molecule has 0 radical (unpaired) electrons. The maximum atomic E-state index is 13.9. The molecule has 11 heteroatoms. The van der Waals surface area contributed by atoms with Gasteiger partial charge in [-0.2, -0.15) is 0 Å². The van der Waals surface area contributed by atoms with E-state index in [4.69, 9.17) is 10.8 Å². The summed E-state index contributed by atoms with van der Waals surface area (Å²) in [6.07, 6.45) is 0. The van der Waals surface area contributed by atoms with Crippen LogP contribution in [-0.4, -0.2) is 60.9 Å². The summed E-state index contributed by atoms with van der Waals surface area (Å²) in [7, 11) is 0. The molecule has 4 amide bonds. The van der Waals surface area contributed by atoms with Crippen LogP contribution in [-0.2, 0) is 16.1 Å². The lowest BCUT2D eigenvalue weighted by molar-refractivity contribution is -0.135. The smallest absolute Gasteiger partial charge is 0.322 e. The van der Waals surface area contributed by atoms with Gasteiger partial charge in [0, 0.05) is 46.8 Å². The molecule has 0 aliphatic heterocycles. The predicted molar refractivity (Wildman–Crippen MR) is 199 cm³/mol. The fraction of sp³-hybridized carbons (Fsp3) is 0.275. The van der Waals surface area contributed by atoms with Crippen LogP contribution in [0.1, 0.15) is 64.3 Å². The molecule has 0 heterocycles. The van der Waals surface area contributed by atoms with Crippen molar-refractivity contribution in [3.63, 3.8) is 0 Å². The highest BCUT2D eigenvalue weighted by atomic mass is 16.4. The molecule has 0 bridgehead atoms. The lowest BCUT2D eigenvalue weighted by Gasteiger charge is -2.27. The number of carbonyl (C=O) groups is 5. The molecule has 4 rings (SSSR count). The van der Waals surface area contributed by atoms with E-state index in [2.05, 4.69) is 5.32 Å². The first-order valence-electron chi connectivity index (χ1n) is 16.9. The molecule has 4 aromatic carbocycles. The minimum atomic E-state index is -1.14. The van der Waals surface area contributed by atoms with E-state index in [1.165, 1.54) is 0 Å². The number of amides is 4. The molecule has 0 spiro atoms. The zero-order valence-corrected chi connectivity index (χ0v) is 29.4. The Kier molecular flexibility index (Phi) is 13.2. The van der Waals surface area contributed by atoms with Gasteiger partial charge >= 0.3 is 5.97 Å². The standard InChI is InChI=1S/C40H45N5O6/c1-27(2)24-44(34-16-10-30(11-17-34)38(49)42-23-37(47)48)40(51)32-14-20-35(21-15-32)45(25-28(3)4)39(50)31-12-18-33(19-13-31)43(36(46)22-41)26-29-8-6-5-7-9-29/h5-21,27-28H,22-26,41H2,1-4H3,(H,42,49)(H,47,48). The summed E-state index contributed by atoms with van der Waals surface area (Å²) in [6.45, 7) is 8.59. The van der Waals surface area contributed by atoms with Gasteiger partial charge in [-0.3, -0.25) is 24.0 Å². The van der Waals surface area contributed by atoms with Gasteiger partial charge in [0.15, 0.2) is 0 Å². The fourth-order valence-corrected chi connectivity index (χ4v) is 5.47. The highest BCUT2D eigenvalue weighted by molar-refractivity contribution is 6.08. The van der Waals surface area contributed by atoms with E-state index < -0.39 is 18.4 Å². The van der Waals surface area contributed by atoms with Gasteiger partial charge in [-0.15, -0.1) is 0 Å². The van der Waals surface area contributed by atoms with Crippen molar-refractivity contribution in [2.75, 3.05) is 40.9 Å². The van der Waals surface area contributed by atoms with Crippen LogP contribution in [0.4, 0.5) is 17.1 Å². The summed E-state index contributed by atoms with van der Waals surface area (Å²) in [6, 6.07) is 29.8. The molecule has 266 valence electrons. The van der Waals surface area contributed by atoms with Crippen molar-refractivity contribution in [2.24, 2.45) is 17.6 Å². The second kappa shape index (κ2) is 17.7. The van der Waals surface area contributed by atoms with Gasteiger partial charge in [0.1, 0.15) is 6.54 Å². The molecule has 0 saturated heterocycles.